The molecule has 0 aliphatic carbocycles. The van der Waals surface area contributed by atoms with Gasteiger partial charge in [0.1, 0.15) is 16.4 Å². The van der Waals surface area contributed by atoms with Crippen LogP contribution in [0.15, 0.2) is 47.5 Å². The Balaban J connectivity index is 1.62. The Hall–Kier alpha value is -3.97. The van der Waals surface area contributed by atoms with E-state index in [0.29, 0.717) is 22.8 Å². The van der Waals surface area contributed by atoms with Crippen molar-refractivity contribution in [2.75, 3.05) is 36.7 Å². The van der Waals surface area contributed by atoms with Crippen LogP contribution in [-0.4, -0.2) is 51.1 Å². The minimum absolute atomic E-state index is 0.0304. The first-order valence-electron chi connectivity index (χ1n) is 10.7. The highest BCUT2D eigenvalue weighted by Crippen LogP contribution is 2.38. The van der Waals surface area contributed by atoms with Gasteiger partial charge in [-0.25, -0.2) is 22.5 Å². The summed E-state index contributed by atoms with van der Waals surface area (Å²) in [6.07, 6.45) is 1.02. The first kappa shape index (κ1) is 25.1. The number of hydrogen-bond donors (Lipinski definition) is 3. The molecule has 3 aromatic rings. The number of rotatable bonds is 7. The van der Waals surface area contributed by atoms with Crippen LogP contribution in [0.1, 0.15) is 13.8 Å². The molecule has 2 heterocycles. The summed E-state index contributed by atoms with van der Waals surface area (Å²) in [4.78, 5) is 22.0. The number of carbonyl (C=O) groups is 1. The maximum atomic E-state index is 14.7. The minimum Gasteiger partial charge on any atom is -0.495 e. The quantitative estimate of drug-likeness (QED) is 0.433. The van der Waals surface area contributed by atoms with E-state index in [9.17, 15) is 17.6 Å². The Bertz CT molecular complexity index is 1450. The highest BCUT2D eigenvalue weighted by molar-refractivity contribution is 7.89. The van der Waals surface area contributed by atoms with Gasteiger partial charge in [0.25, 0.3) is 5.91 Å². The zero-order valence-electron chi connectivity index (χ0n) is 20.2. The number of aromatic nitrogens is 2. The summed E-state index contributed by atoms with van der Waals surface area (Å²) in [5, 5.41) is 5.72. The maximum Gasteiger partial charge on any atom is 0.268 e. The van der Waals surface area contributed by atoms with E-state index in [-0.39, 0.29) is 28.3 Å². The summed E-state index contributed by atoms with van der Waals surface area (Å²) < 4.78 is 52.2. The molecule has 0 saturated heterocycles. The molecule has 0 atom stereocenters. The predicted molar refractivity (Wildman–Crippen MR) is 132 cm³/mol. The van der Waals surface area contributed by atoms with Gasteiger partial charge < -0.3 is 25.0 Å². The number of anilines is 5. The van der Waals surface area contributed by atoms with Gasteiger partial charge in [-0.1, -0.05) is 0 Å². The normalized spacial score (nSPS) is 14.3. The third kappa shape index (κ3) is 4.75. The number of halogens is 1. The van der Waals surface area contributed by atoms with Crippen LogP contribution in [0.3, 0.4) is 0 Å². The van der Waals surface area contributed by atoms with Crippen molar-refractivity contribution < 1.29 is 27.1 Å². The minimum atomic E-state index is -3.73. The van der Waals surface area contributed by atoms with Gasteiger partial charge in [-0.2, -0.15) is 4.98 Å². The first-order valence-corrected chi connectivity index (χ1v) is 12.2. The highest BCUT2D eigenvalue weighted by Gasteiger charge is 2.35. The third-order valence-electron chi connectivity index (χ3n) is 5.53. The molecule has 0 saturated carbocycles. The molecule has 4 rings (SSSR count). The van der Waals surface area contributed by atoms with Crippen molar-refractivity contribution in [3.05, 3.63) is 48.4 Å². The van der Waals surface area contributed by atoms with Crippen molar-refractivity contribution in [2.24, 2.45) is 0 Å². The number of methoxy groups -OCH3 is 1. The molecule has 36 heavy (non-hydrogen) atoms. The molecule has 0 bridgehead atoms. The fraction of sp³-hybridized carbons (Fsp3) is 0.261. The average molecular weight is 517 g/mol. The number of sulfonamides is 1. The van der Waals surface area contributed by atoms with Crippen LogP contribution in [0.4, 0.5) is 33.2 Å². The van der Waals surface area contributed by atoms with Crippen molar-refractivity contribution in [1.29, 1.82) is 0 Å². The summed E-state index contributed by atoms with van der Waals surface area (Å²) in [7, 11) is 0.542. The van der Waals surface area contributed by atoms with Gasteiger partial charge in [0.05, 0.1) is 19.0 Å². The number of benzene rings is 2. The number of fused-ring (bicyclic) bond motifs is 1. The van der Waals surface area contributed by atoms with Gasteiger partial charge in [-0.3, -0.25) is 4.79 Å². The Kier molecular flexibility index (Phi) is 6.45. The molecular weight excluding hydrogens is 491 g/mol. The van der Waals surface area contributed by atoms with E-state index < -0.39 is 21.4 Å². The molecule has 1 aliphatic heterocycles. The molecule has 0 spiro atoms. The van der Waals surface area contributed by atoms with Crippen molar-refractivity contribution in [1.82, 2.24) is 14.7 Å². The molecular formula is C23H25FN6O5S. The zero-order valence-corrected chi connectivity index (χ0v) is 21.0. The second-order valence-electron chi connectivity index (χ2n) is 8.37. The second kappa shape index (κ2) is 9.24. The molecule has 1 aliphatic rings. The number of ether oxygens (including phenoxy) is 2. The number of carbonyl (C=O) groups excluding carboxylic acids is 1. The monoisotopic (exact) mass is 516 g/mol. The lowest BCUT2D eigenvalue weighted by atomic mass is 10.1. The lowest BCUT2D eigenvalue weighted by molar-refractivity contribution is -0.129. The fourth-order valence-corrected chi connectivity index (χ4v) is 4.36. The van der Waals surface area contributed by atoms with E-state index in [4.69, 9.17) is 9.47 Å². The van der Waals surface area contributed by atoms with Crippen molar-refractivity contribution in [3.8, 4) is 11.5 Å². The van der Waals surface area contributed by atoms with Crippen LogP contribution in [-0.2, 0) is 14.8 Å². The van der Waals surface area contributed by atoms with Crippen LogP contribution < -0.4 is 29.7 Å². The number of nitrogens with one attached hydrogen (secondary N) is 3. The summed E-state index contributed by atoms with van der Waals surface area (Å²) in [5.74, 6) is -0.318. The Morgan fingerprint density at radius 1 is 1.19 bits per heavy atom. The maximum absolute atomic E-state index is 14.7. The van der Waals surface area contributed by atoms with Crippen LogP contribution in [0, 0.1) is 5.82 Å². The number of nitrogens with zero attached hydrogens (tertiary/aromatic N) is 3. The number of hydrogen-bond acceptors (Lipinski definition) is 9. The topological polar surface area (TPSA) is 135 Å². The molecule has 0 radical (unpaired) electrons. The SMILES string of the molecule is CNS(=O)(=O)c1ccc(Nc2ncc(F)c(N(C)c3ccc4c(c3)NC(=O)C(C)(C)O4)n2)cc1OC. The van der Waals surface area contributed by atoms with Gasteiger partial charge >= 0.3 is 0 Å². The summed E-state index contributed by atoms with van der Waals surface area (Å²) in [5.41, 5.74) is 0.431. The van der Waals surface area contributed by atoms with E-state index in [1.165, 1.54) is 37.3 Å². The second-order valence-corrected chi connectivity index (χ2v) is 10.2. The van der Waals surface area contributed by atoms with Crippen molar-refractivity contribution in [2.45, 2.75) is 24.3 Å². The largest absolute Gasteiger partial charge is 0.495 e. The summed E-state index contributed by atoms with van der Waals surface area (Å²) >= 11 is 0. The molecule has 11 nitrogen and oxygen atoms in total. The first-order chi connectivity index (χ1) is 16.9. The van der Waals surface area contributed by atoms with Gasteiger partial charge in [-0.05, 0) is 51.2 Å². The van der Waals surface area contributed by atoms with E-state index in [0.717, 1.165) is 6.20 Å². The number of amides is 1. The summed E-state index contributed by atoms with van der Waals surface area (Å²) in [6, 6.07) is 9.40. The molecule has 0 unspecified atom stereocenters. The molecule has 0 fully saturated rings. The molecule has 3 N–H and O–H groups in total. The fourth-order valence-electron chi connectivity index (χ4n) is 3.49. The molecule has 190 valence electrons. The van der Waals surface area contributed by atoms with Gasteiger partial charge in [0, 0.05) is 24.5 Å². The van der Waals surface area contributed by atoms with Crippen molar-refractivity contribution in [3.63, 3.8) is 0 Å². The average Bonchev–Trinajstić information content (AvgIpc) is 2.84. The Labute approximate surface area is 207 Å². The zero-order chi connectivity index (χ0) is 26.3. The van der Waals surface area contributed by atoms with E-state index in [2.05, 4.69) is 25.3 Å². The molecule has 2 aromatic carbocycles. The van der Waals surface area contributed by atoms with E-state index in [1.54, 1.807) is 39.1 Å². The standard InChI is InChI=1S/C23H25FN6O5S/c1-23(2)21(31)28-16-11-14(7-8-17(16)35-23)30(4)20-15(24)12-26-22(29-20)27-13-6-9-19(18(10-13)34-5)36(32,33)25-3/h6-12,25H,1-5H3,(H,28,31)(H,26,27,29). The van der Waals surface area contributed by atoms with Gasteiger partial charge in [-0.15, -0.1) is 0 Å². The Morgan fingerprint density at radius 2 is 1.94 bits per heavy atom. The lowest BCUT2D eigenvalue weighted by Gasteiger charge is -2.32. The molecule has 1 aromatic heterocycles. The summed E-state index contributed by atoms with van der Waals surface area (Å²) in [6.45, 7) is 3.33. The van der Waals surface area contributed by atoms with Crippen LogP contribution in [0.5, 0.6) is 11.5 Å². The van der Waals surface area contributed by atoms with Gasteiger partial charge in [0.2, 0.25) is 16.0 Å². The van der Waals surface area contributed by atoms with Crippen LogP contribution in [0.2, 0.25) is 0 Å². The van der Waals surface area contributed by atoms with E-state index >= 15 is 0 Å². The van der Waals surface area contributed by atoms with Gasteiger partial charge in [0.15, 0.2) is 17.2 Å². The Morgan fingerprint density at radius 3 is 2.64 bits per heavy atom. The smallest absolute Gasteiger partial charge is 0.268 e. The van der Waals surface area contributed by atoms with Crippen LogP contribution >= 0.6 is 0 Å². The van der Waals surface area contributed by atoms with Crippen LogP contribution in [0.25, 0.3) is 0 Å². The lowest BCUT2D eigenvalue weighted by Crippen LogP contribution is -2.45. The predicted octanol–water partition coefficient (Wildman–Crippen LogP) is 3.15. The third-order valence-corrected chi connectivity index (χ3v) is 6.99. The van der Waals surface area contributed by atoms with E-state index in [1.807, 2.05) is 0 Å². The molecule has 13 heteroatoms. The van der Waals surface area contributed by atoms with Crippen molar-refractivity contribution >= 4 is 44.8 Å². The molecule has 1 amide bonds. The highest BCUT2D eigenvalue weighted by atomic mass is 32.2.